The van der Waals surface area contributed by atoms with Gasteiger partial charge in [-0.15, -0.1) is 0 Å². The molecule has 0 aliphatic heterocycles. The summed E-state index contributed by atoms with van der Waals surface area (Å²) in [6.07, 6.45) is 1.94. The Bertz CT molecular complexity index is 522. The molecule has 2 aromatic heterocycles. The summed E-state index contributed by atoms with van der Waals surface area (Å²) < 4.78 is 2.88. The molecule has 6 heteroatoms. The number of hydrogen-bond donors (Lipinski definition) is 0. The van der Waals surface area contributed by atoms with Gasteiger partial charge >= 0.3 is 0 Å². The topological polar surface area (TPSA) is 30.7 Å². The van der Waals surface area contributed by atoms with Crippen LogP contribution in [0.4, 0.5) is 0 Å². The van der Waals surface area contributed by atoms with Crippen LogP contribution in [0.3, 0.4) is 0 Å². The summed E-state index contributed by atoms with van der Waals surface area (Å²) in [5.74, 6) is 0. The van der Waals surface area contributed by atoms with Crippen molar-refractivity contribution in [3.8, 4) is 0 Å². The second-order valence-corrected chi connectivity index (χ2v) is 5.01. The lowest BCUT2D eigenvalue weighted by atomic mass is 10.4. The van der Waals surface area contributed by atoms with Crippen LogP contribution in [0, 0.1) is 0 Å². The van der Waals surface area contributed by atoms with Crippen LogP contribution in [0.1, 0.15) is 19.9 Å². The molecule has 0 radical (unpaired) electrons. The average molecular weight is 309 g/mol. The van der Waals surface area contributed by atoms with Gasteiger partial charge in [-0.1, -0.05) is 11.6 Å². The average Bonchev–Trinajstić information content (AvgIpc) is 2.44. The van der Waals surface area contributed by atoms with Crippen LogP contribution < -0.4 is 0 Å². The molecule has 2 heterocycles. The largest absolute Gasteiger partial charge is 0.340 e. The van der Waals surface area contributed by atoms with Crippen molar-refractivity contribution in [2.24, 2.45) is 0 Å². The molecule has 3 nitrogen and oxygen atoms in total. The fraction of sp³-hybridized carbons (Fsp3) is 0.333. The van der Waals surface area contributed by atoms with E-state index < -0.39 is 0 Å². The van der Waals surface area contributed by atoms with Crippen molar-refractivity contribution >= 4 is 50.2 Å². The predicted molar refractivity (Wildman–Crippen MR) is 65.6 cm³/mol. The minimum Gasteiger partial charge on any atom is -0.340 e. The van der Waals surface area contributed by atoms with E-state index in [9.17, 15) is 0 Å². The molecule has 0 aliphatic carbocycles. The third-order valence-electron chi connectivity index (χ3n) is 2.11. The highest BCUT2D eigenvalue weighted by atomic mass is 79.9. The first-order valence-corrected chi connectivity index (χ1v) is 5.94. The summed E-state index contributed by atoms with van der Waals surface area (Å²) in [5.41, 5.74) is 1.55. The van der Waals surface area contributed by atoms with Crippen LogP contribution in [0.5, 0.6) is 0 Å². The molecule has 15 heavy (non-hydrogen) atoms. The zero-order chi connectivity index (χ0) is 11.2. The SMILES string of the molecule is CC(C)n1cc(Br)c2nc(Cl)nc(Cl)c21. The first-order chi connectivity index (χ1) is 7.00. The van der Waals surface area contributed by atoms with E-state index >= 15 is 0 Å². The lowest BCUT2D eigenvalue weighted by Crippen LogP contribution is -1.99. The first kappa shape index (κ1) is 11.2. The Morgan fingerprint density at radius 3 is 2.60 bits per heavy atom. The zero-order valence-corrected chi connectivity index (χ0v) is 11.2. The normalized spacial score (nSPS) is 11.6. The van der Waals surface area contributed by atoms with Crippen LogP contribution in [-0.2, 0) is 0 Å². The van der Waals surface area contributed by atoms with Crippen molar-refractivity contribution in [3.05, 3.63) is 21.1 Å². The molecular formula is C9H8BrCl2N3. The van der Waals surface area contributed by atoms with Crippen LogP contribution in [-0.4, -0.2) is 14.5 Å². The van der Waals surface area contributed by atoms with Crippen molar-refractivity contribution in [3.63, 3.8) is 0 Å². The molecule has 0 unspecified atom stereocenters. The van der Waals surface area contributed by atoms with Gasteiger partial charge in [0.05, 0.1) is 4.47 Å². The van der Waals surface area contributed by atoms with Crippen molar-refractivity contribution < 1.29 is 0 Å². The Morgan fingerprint density at radius 2 is 2.00 bits per heavy atom. The summed E-state index contributed by atoms with van der Waals surface area (Å²) >= 11 is 15.2. The highest BCUT2D eigenvalue weighted by molar-refractivity contribution is 9.10. The molecule has 80 valence electrons. The number of nitrogens with zero attached hydrogens (tertiary/aromatic N) is 3. The Morgan fingerprint density at radius 1 is 1.33 bits per heavy atom. The molecule has 0 saturated carbocycles. The maximum Gasteiger partial charge on any atom is 0.224 e. The lowest BCUT2D eigenvalue weighted by molar-refractivity contribution is 0.621. The van der Waals surface area contributed by atoms with E-state index in [0.29, 0.717) is 11.2 Å². The summed E-state index contributed by atoms with van der Waals surface area (Å²) in [7, 11) is 0. The minimum atomic E-state index is 0.162. The molecule has 0 bridgehead atoms. The molecule has 0 spiro atoms. The van der Waals surface area contributed by atoms with Gasteiger partial charge in [-0.05, 0) is 41.4 Å². The number of halogens is 3. The van der Waals surface area contributed by atoms with Crippen molar-refractivity contribution in [1.29, 1.82) is 0 Å². The standard InChI is InChI=1S/C9H8BrCl2N3/c1-4(2)15-3-5(10)6-7(15)8(11)14-9(12)13-6/h3-4H,1-2H3. The Balaban J connectivity index is 2.87. The van der Waals surface area contributed by atoms with Crippen LogP contribution in [0.2, 0.25) is 10.4 Å². The molecule has 0 fully saturated rings. The Kier molecular flexibility index (Phi) is 2.92. The summed E-state index contributed by atoms with van der Waals surface area (Å²) in [6.45, 7) is 4.13. The molecule has 0 amide bonds. The quantitative estimate of drug-likeness (QED) is 0.587. The van der Waals surface area contributed by atoms with Crippen LogP contribution in [0.15, 0.2) is 10.7 Å². The van der Waals surface area contributed by atoms with Gasteiger partial charge in [0.15, 0.2) is 5.15 Å². The zero-order valence-electron chi connectivity index (χ0n) is 8.13. The van der Waals surface area contributed by atoms with E-state index in [1.165, 1.54) is 0 Å². The molecule has 2 rings (SSSR count). The van der Waals surface area contributed by atoms with Gasteiger partial charge in [0.1, 0.15) is 11.0 Å². The van der Waals surface area contributed by atoms with Gasteiger partial charge in [0, 0.05) is 12.2 Å². The number of aromatic nitrogens is 3. The number of fused-ring (bicyclic) bond motifs is 1. The third kappa shape index (κ3) is 1.86. The maximum absolute atomic E-state index is 6.05. The van der Waals surface area contributed by atoms with E-state index in [-0.39, 0.29) is 5.28 Å². The maximum atomic E-state index is 6.05. The lowest BCUT2D eigenvalue weighted by Gasteiger charge is -2.09. The van der Waals surface area contributed by atoms with Crippen molar-refractivity contribution in [1.82, 2.24) is 14.5 Å². The van der Waals surface area contributed by atoms with E-state index in [1.54, 1.807) is 0 Å². The second-order valence-electron chi connectivity index (χ2n) is 3.46. The smallest absolute Gasteiger partial charge is 0.224 e. The van der Waals surface area contributed by atoms with Crippen molar-refractivity contribution in [2.45, 2.75) is 19.9 Å². The van der Waals surface area contributed by atoms with Gasteiger partial charge in [0.25, 0.3) is 0 Å². The molecular weight excluding hydrogens is 301 g/mol. The molecule has 0 aliphatic rings. The minimum absolute atomic E-state index is 0.162. The Labute approximate surface area is 106 Å². The van der Waals surface area contributed by atoms with Gasteiger partial charge in [-0.2, -0.15) is 0 Å². The van der Waals surface area contributed by atoms with E-state index in [4.69, 9.17) is 23.2 Å². The highest BCUT2D eigenvalue weighted by Gasteiger charge is 2.15. The summed E-state index contributed by atoms with van der Waals surface area (Å²) in [6, 6.07) is 0.293. The monoisotopic (exact) mass is 307 g/mol. The molecule has 0 N–H and O–H groups in total. The number of rotatable bonds is 1. The highest BCUT2D eigenvalue weighted by Crippen LogP contribution is 2.31. The molecule has 0 aromatic carbocycles. The van der Waals surface area contributed by atoms with Gasteiger partial charge < -0.3 is 4.57 Å². The van der Waals surface area contributed by atoms with Gasteiger partial charge in [-0.25, -0.2) is 9.97 Å². The fourth-order valence-corrected chi connectivity index (χ4v) is 2.43. The van der Waals surface area contributed by atoms with E-state index in [2.05, 4.69) is 39.7 Å². The predicted octanol–water partition coefficient (Wildman–Crippen LogP) is 4.08. The molecule has 0 saturated heterocycles. The second kappa shape index (κ2) is 3.92. The van der Waals surface area contributed by atoms with Crippen LogP contribution >= 0.6 is 39.1 Å². The van der Waals surface area contributed by atoms with Crippen LogP contribution in [0.25, 0.3) is 11.0 Å². The number of hydrogen-bond acceptors (Lipinski definition) is 2. The van der Waals surface area contributed by atoms with Gasteiger partial charge in [0.2, 0.25) is 5.28 Å². The van der Waals surface area contributed by atoms with E-state index in [1.807, 2.05) is 10.8 Å². The van der Waals surface area contributed by atoms with Crippen molar-refractivity contribution in [2.75, 3.05) is 0 Å². The summed E-state index contributed by atoms with van der Waals surface area (Å²) in [5, 5.41) is 0.541. The first-order valence-electron chi connectivity index (χ1n) is 4.39. The van der Waals surface area contributed by atoms with E-state index in [0.717, 1.165) is 15.5 Å². The van der Waals surface area contributed by atoms with Gasteiger partial charge in [-0.3, -0.25) is 0 Å². The Hall–Kier alpha value is -0.320. The molecule has 2 aromatic rings. The summed E-state index contributed by atoms with van der Waals surface area (Å²) in [4.78, 5) is 8.08. The fourth-order valence-electron chi connectivity index (χ4n) is 1.45. The third-order valence-corrected chi connectivity index (χ3v) is 3.12. The molecule has 0 atom stereocenters.